The predicted molar refractivity (Wildman–Crippen MR) is 74.0 cm³/mol. The van der Waals surface area contributed by atoms with E-state index in [1.54, 1.807) is 0 Å². The van der Waals surface area contributed by atoms with E-state index >= 15 is 0 Å². The molecular weight excluding hydrogens is 258 g/mol. The molecule has 1 spiro atoms. The van der Waals surface area contributed by atoms with Gasteiger partial charge in [0.25, 0.3) is 5.91 Å². The largest absolute Gasteiger partial charge is 0.354 e. The molecule has 1 aliphatic heterocycles. The van der Waals surface area contributed by atoms with E-state index in [1.807, 2.05) is 13.8 Å². The molecule has 0 aromatic rings. The Balaban J connectivity index is 1.83. The molecule has 2 aliphatic rings. The predicted octanol–water partition coefficient (Wildman–Crippen LogP) is 1.16. The fourth-order valence-corrected chi connectivity index (χ4v) is 2.99. The van der Waals surface area contributed by atoms with Crippen LogP contribution >= 0.6 is 0 Å². The number of amides is 4. The number of hydrogen-bond donors (Lipinski definition) is 2. The third kappa shape index (κ3) is 2.94. The van der Waals surface area contributed by atoms with E-state index in [2.05, 4.69) is 10.6 Å². The number of carbonyl (C=O) groups excluding carboxylic acids is 3. The van der Waals surface area contributed by atoms with Gasteiger partial charge in [-0.25, -0.2) is 4.79 Å². The highest BCUT2D eigenvalue weighted by atomic mass is 16.2. The second kappa shape index (κ2) is 5.81. The van der Waals surface area contributed by atoms with Crippen molar-refractivity contribution in [2.45, 2.75) is 64.0 Å². The van der Waals surface area contributed by atoms with E-state index in [0.717, 1.165) is 25.7 Å². The Morgan fingerprint density at radius 3 is 2.60 bits per heavy atom. The normalized spacial score (nSPS) is 20.9. The quantitative estimate of drug-likeness (QED) is 0.742. The molecule has 0 aromatic carbocycles. The van der Waals surface area contributed by atoms with Crippen LogP contribution in [0.4, 0.5) is 4.79 Å². The van der Waals surface area contributed by atoms with Crippen molar-refractivity contribution in [3.63, 3.8) is 0 Å². The number of nitrogens with zero attached hydrogens (tertiary/aromatic N) is 1. The summed E-state index contributed by atoms with van der Waals surface area (Å²) in [5.74, 6) is -0.146. The molecule has 1 saturated heterocycles. The van der Waals surface area contributed by atoms with Gasteiger partial charge in [0.15, 0.2) is 0 Å². The number of nitrogens with one attached hydrogen (secondary N) is 2. The van der Waals surface area contributed by atoms with Gasteiger partial charge in [-0.2, -0.15) is 0 Å². The molecule has 1 saturated carbocycles. The maximum absolute atomic E-state index is 12.3. The molecule has 1 aliphatic carbocycles. The summed E-state index contributed by atoms with van der Waals surface area (Å²) in [6.07, 6.45) is 4.28. The van der Waals surface area contributed by atoms with Crippen LogP contribution < -0.4 is 10.6 Å². The van der Waals surface area contributed by atoms with Crippen molar-refractivity contribution in [1.82, 2.24) is 15.5 Å². The van der Waals surface area contributed by atoms with E-state index in [9.17, 15) is 14.4 Å². The molecule has 2 N–H and O–H groups in total. The van der Waals surface area contributed by atoms with Crippen molar-refractivity contribution >= 4 is 17.8 Å². The Hall–Kier alpha value is -1.59. The summed E-state index contributed by atoms with van der Waals surface area (Å²) in [6, 6.07) is -0.192. The molecule has 6 heteroatoms. The Morgan fingerprint density at radius 1 is 1.35 bits per heavy atom. The molecule has 0 radical (unpaired) electrons. The van der Waals surface area contributed by atoms with E-state index in [-0.39, 0.29) is 23.9 Å². The van der Waals surface area contributed by atoms with Gasteiger partial charge in [-0.1, -0.05) is 12.8 Å². The Labute approximate surface area is 119 Å². The lowest BCUT2D eigenvalue weighted by atomic mass is 9.98. The third-order valence-corrected chi connectivity index (χ3v) is 3.94. The number of rotatable bonds is 5. The fraction of sp³-hybridized carbons (Fsp3) is 0.786. The molecule has 112 valence electrons. The lowest BCUT2D eigenvalue weighted by molar-refractivity contribution is -0.131. The first kappa shape index (κ1) is 14.8. The van der Waals surface area contributed by atoms with Crippen LogP contribution in [-0.4, -0.2) is 40.9 Å². The molecule has 4 amide bonds. The highest BCUT2D eigenvalue weighted by Gasteiger charge is 2.51. The van der Waals surface area contributed by atoms with Gasteiger partial charge in [0.05, 0.1) is 0 Å². The summed E-state index contributed by atoms with van der Waals surface area (Å²) in [5, 5.41) is 5.63. The van der Waals surface area contributed by atoms with Gasteiger partial charge < -0.3 is 10.6 Å². The van der Waals surface area contributed by atoms with Crippen molar-refractivity contribution in [2.24, 2.45) is 0 Å². The minimum atomic E-state index is -0.642. The molecule has 0 atom stereocenters. The highest BCUT2D eigenvalue weighted by molar-refractivity contribution is 6.07. The highest BCUT2D eigenvalue weighted by Crippen LogP contribution is 2.35. The molecular formula is C14H23N3O3. The van der Waals surface area contributed by atoms with Crippen LogP contribution in [0.25, 0.3) is 0 Å². The van der Waals surface area contributed by atoms with Gasteiger partial charge in [-0.3, -0.25) is 14.5 Å². The van der Waals surface area contributed by atoms with Crippen LogP contribution in [0.3, 0.4) is 0 Å². The minimum Gasteiger partial charge on any atom is -0.354 e. The molecule has 6 nitrogen and oxygen atoms in total. The first-order chi connectivity index (χ1) is 9.44. The molecule has 2 rings (SSSR count). The zero-order valence-corrected chi connectivity index (χ0v) is 12.2. The van der Waals surface area contributed by atoms with E-state index < -0.39 is 5.54 Å². The number of carbonyl (C=O) groups is 3. The second-order valence-electron chi connectivity index (χ2n) is 6.00. The molecule has 0 unspecified atom stereocenters. The second-order valence-corrected chi connectivity index (χ2v) is 6.00. The fourth-order valence-electron chi connectivity index (χ4n) is 2.99. The lowest BCUT2D eigenvalue weighted by Gasteiger charge is -2.20. The van der Waals surface area contributed by atoms with Crippen LogP contribution in [0.5, 0.6) is 0 Å². The summed E-state index contributed by atoms with van der Waals surface area (Å²) >= 11 is 0. The Morgan fingerprint density at radius 2 is 2.00 bits per heavy atom. The maximum atomic E-state index is 12.3. The monoisotopic (exact) mass is 281 g/mol. The lowest BCUT2D eigenvalue weighted by Crippen LogP contribution is -2.44. The zero-order chi connectivity index (χ0) is 14.8. The summed E-state index contributed by atoms with van der Waals surface area (Å²) in [7, 11) is 0. The Bertz CT molecular complexity index is 414. The number of urea groups is 1. The van der Waals surface area contributed by atoms with Crippen molar-refractivity contribution in [2.75, 3.05) is 6.54 Å². The maximum Gasteiger partial charge on any atom is 0.325 e. The summed E-state index contributed by atoms with van der Waals surface area (Å²) in [6.45, 7) is 4.12. The van der Waals surface area contributed by atoms with Crippen molar-refractivity contribution in [1.29, 1.82) is 0 Å². The first-order valence-electron chi connectivity index (χ1n) is 7.38. The van der Waals surface area contributed by atoms with Gasteiger partial charge in [0.1, 0.15) is 5.54 Å². The topological polar surface area (TPSA) is 78.5 Å². The van der Waals surface area contributed by atoms with Gasteiger partial charge >= 0.3 is 6.03 Å². The molecule has 0 aromatic heterocycles. The smallest absolute Gasteiger partial charge is 0.325 e. The van der Waals surface area contributed by atoms with Crippen molar-refractivity contribution in [3.05, 3.63) is 0 Å². The van der Waals surface area contributed by atoms with Gasteiger partial charge in [0, 0.05) is 19.0 Å². The third-order valence-electron chi connectivity index (χ3n) is 3.94. The first-order valence-corrected chi connectivity index (χ1v) is 7.38. The summed E-state index contributed by atoms with van der Waals surface area (Å²) in [5.41, 5.74) is -0.642. The average molecular weight is 281 g/mol. The van der Waals surface area contributed by atoms with Crippen LogP contribution in [0.15, 0.2) is 0 Å². The molecule has 20 heavy (non-hydrogen) atoms. The van der Waals surface area contributed by atoms with E-state index in [0.29, 0.717) is 19.4 Å². The molecule has 1 heterocycles. The van der Waals surface area contributed by atoms with Crippen molar-refractivity contribution in [3.8, 4) is 0 Å². The standard InChI is InChI=1S/C14H23N3O3/c1-10(2)15-11(18)6-5-9-17-12(19)14(16-13(17)20)7-3-4-8-14/h10H,3-9H2,1-2H3,(H,15,18)(H,16,20). The summed E-state index contributed by atoms with van der Waals surface area (Å²) in [4.78, 5) is 37.0. The van der Waals surface area contributed by atoms with Crippen LogP contribution in [0.2, 0.25) is 0 Å². The number of imide groups is 1. The van der Waals surface area contributed by atoms with Gasteiger partial charge in [-0.15, -0.1) is 0 Å². The molecule has 2 fully saturated rings. The van der Waals surface area contributed by atoms with Crippen LogP contribution in [-0.2, 0) is 9.59 Å². The zero-order valence-electron chi connectivity index (χ0n) is 12.2. The van der Waals surface area contributed by atoms with E-state index in [4.69, 9.17) is 0 Å². The summed E-state index contributed by atoms with van der Waals surface area (Å²) < 4.78 is 0. The molecule has 0 bridgehead atoms. The number of hydrogen-bond acceptors (Lipinski definition) is 3. The van der Waals surface area contributed by atoms with Crippen LogP contribution in [0, 0.1) is 0 Å². The minimum absolute atomic E-state index is 0.0392. The van der Waals surface area contributed by atoms with Crippen LogP contribution in [0.1, 0.15) is 52.4 Å². The average Bonchev–Trinajstić information content (AvgIpc) is 2.90. The van der Waals surface area contributed by atoms with Crippen molar-refractivity contribution < 1.29 is 14.4 Å². The van der Waals surface area contributed by atoms with Gasteiger partial charge in [-0.05, 0) is 33.1 Å². The Kier molecular flexibility index (Phi) is 4.30. The SMILES string of the molecule is CC(C)NC(=O)CCCN1C(=O)NC2(CCCC2)C1=O. The van der Waals surface area contributed by atoms with Gasteiger partial charge in [0.2, 0.25) is 5.91 Å². The van der Waals surface area contributed by atoms with E-state index in [1.165, 1.54) is 4.90 Å².